The van der Waals surface area contributed by atoms with Crippen LogP contribution < -0.4 is 15.0 Å². The third-order valence-electron chi connectivity index (χ3n) is 4.93. The highest BCUT2D eigenvalue weighted by molar-refractivity contribution is 6.53. The molecule has 0 bridgehead atoms. The average Bonchev–Trinajstić information content (AvgIpc) is 3.07. The van der Waals surface area contributed by atoms with Gasteiger partial charge < -0.3 is 14.8 Å². The third kappa shape index (κ3) is 4.79. The Morgan fingerprint density at radius 1 is 0.882 bits per heavy atom. The Bertz CT molecular complexity index is 1260. The molecular formula is C26H21ClN2O5. The van der Waals surface area contributed by atoms with Crippen LogP contribution in [0.15, 0.2) is 89.6 Å². The van der Waals surface area contributed by atoms with Crippen molar-refractivity contribution in [3.05, 3.63) is 95.2 Å². The number of nitrogens with one attached hydrogen (secondary N) is 1. The summed E-state index contributed by atoms with van der Waals surface area (Å²) in [5.74, 6) is -0.724. The predicted octanol–water partition coefficient (Wildman–Crippen LogP) is 5.48. The van der Waals surface area contributed by atoms with Crippen molar-refractivity contribution in [2.75, 3.05) is 16.8 Å². The molecule has 34 heavy (non-hydrogen) atoms. The molecule has 7 nitrogen and oxygen atoms in total. The van der Waals surface area contributed by atoms with Gasteiger partial charge in [0, 0.05) is 5.69 Å². The van der Waals surface area contributed by atoms with E-state index in [4.69, 9.17) is 21.1 Å². The van der Waals surface area contributed by atoms with Crippen molar-refractivity contribution in [2.24, 2.45) is 0 Å². The molecule has 0 saturated heterocycles. The number of halogens is 1. The van der Waals surface area contributed by atoms with Gasteiger partial charge in [-0.1, -0.05) is 48.9 Å². The molecule has 1 aliphatic rings. The predicted molar refractivity (Wildman–Crippen MR) is 129 cm³/mol. The highest BCUT2D eigenvalue weighted by Crippen LogP contribution is 2.33. The number of nitrogens with zero attached hydrogens (tertiary/aromatic N) is 1. The van der Waals surface area contributed by atoms with Crippen molar-refractivity contribution in [1.82, 2.24) is 0 Å². The lowest BCUT2D eigenvalue weighted by Gasteiger charge is -2.18. The molecule has 0 aliphatic carbocycles. The van der Waals surface area contributed by atoms with E-state index in [1.165, 1.54) is 12.1 Å². The van der Waals surface area contributed by atoms with Crippen LogP contribution in [0, 0.1) is 0 Å². The van der Waals surface area contributed by atoms with Gasteiger partial charge in [0.1, 0.15) is 22.2 Å². The lowest BCUT2D eigenvalue weighted by molar-refractivity contribution is -0.120. The molecule has 0 unspecified atom stereocenters. The van der Waals surface area contributed by atoms with Gasteiger partial charge in [0.15, 0.2) is 0 Å². The number of hydrogen-bond donors (Lipinski definition) is 1. The number of carbonyl (C=O) groups excluding carboxylic acids is 3. The summed E-state index contributed by atoms with van der Waals surface area (Å²) in [5, 5.41) is 2.64. The summed E-state index contributed by atoms with van der Waals surface area (Å²) in [7, 11) is 0. The fourth-order valence-electron chi connectivity index (χ4n) is 3.32. The van der Waals surface area contributed by atoms with Crippen molar-refractivity contribution in [1.29, 1.82) is 0 Å². The minimum Gasteiger partial charge on any atom is -0.462 e. The van der Waals surface area contributed by atoms with E-state index in [2.05, 4.69) is 5.32 Å². The second-order valence-corrected chi connectivity index (χ2v) is 7.73. The third-order valence-corrected chi connectivity index (χ3v) is 5.28. The van der Waals surface area contributed by atoms with Crippen LogP contribution in [-0.4, -0.2) is 24.4 Å². The minimum atomic E-state index is -0.728. The zero-order valence-corrected chi connectivity index (χ0v) is 19.0. The lowest BCUT2D eigenvalue weighted by Crippen LogP contribution is -2.33. The van der Waals surface area contributed by atoms with Gasteiger partial charge in [-0.25, -0.2) is 9.69 Å². The van der Waals surface area contributed by atoms with E-state index in [0.717, 1.165) is 4.90 Å². The fourth-order valence-corrected chi connectivity index (χ4v) is 3.53. The number of ether oxygens (including phenoxy) is 2. The summed E-state index contributed by atoms with van der Waals surface area (Å²) in [6, 6.07) is 22.4. The van der Waals surface area contributed by atoms with Crippen molar-refractivity contribution < 1.29 is 23.9 Å². The first-order valence-corrected chi connectivity index (χ1v) is 11.0. The summed E-state index contributed by atoms with van der Waals surface area (Å²) in [4.78, 5) is 39.4. The van der Waals surface area contributed by atoms with Crippen LogP contribution in [-0.2, 0) is 14.3 Å². The van der Waals surface area contributed by atoms with Crippen LogP contribution in [0.5, 0.6) is 11.5 Å². The molecule has 0 saturated carbocycles. The fraction of sp³-hybridized carbons (Fsp3) is 0.115. The maximum Gasteiger partial charge on any atom is 0.340 e. The molecule has 172 valence electrons. The van der Waals surface area contributed by atoms with Crippen LogP contribution in [0.25, 0.3) is 0 Å². The van der Waals surface area contributed by atoms with E-state index in [0.29, 0.717) is 23.6 Å². The first kappa shape index (κ1) is 23.1. The zero-order chi connectivity index (χ0) is 24.1. The van der Waals surface area contributed by atoms with Gasteiger partial charge in [0.25, 0.3) is 11.8 Å². The van der Waals surface area contributed by atoms with Crippen molar-refractivity contribution >= 4 is 40.8 Å². The number of rotatable bonds is 8. The molecule has 4 rings (SSSR count). The average molecular weight is 477 g/mol. The first-order chi connectivity index (χ1) is 16.5. The number of benzene rings is 3. The molecule has 0 atom stereocenters. The first-order valence-electron chi connectivity index (χ1n) is 10.6. The molecule has 0 aromatic heterocycles. The summed E-state index contributed by atoms with van der Waals surface area (Å²) in [6.07, 6.45) is 0.645. The smallest absolute Gasteiger partial charge is 0.340 e. The van der Waals surface area contributed by atoms with Crippen LogP contribution in [0.1, 0.15) is 23.7 Å². The highest BCUT2D eigenvalue weighted by atomic mass is 35.5. The molecule has 2 amide bonds. The number of carbonyl (C=O) groups is 3. The van der Waals surface area contributed by atoms with E-state index in [9.17, 15) is 14.4 Å². The molecule has 3 aromatic rings. The Morgan fingerprint density at radius 2 is 1.53 bits per heavy atom. The second-order valence-electron chi connectivity index (χ2n) is 7.35. The van der Waals surface area contributed by atoms with Crippen LogP contribution >= 0.6 is 11.6 Å². The van der Waals surface area contributed by atoms with Gasteiger partial charge in [-0.3, -0.25) is 9.59 Å². The Balaban J connectivity index is 1.53. The molecule has 8 heteroatoms. The monoisotopic (exact) mass is 476 g/mol. The van der Waals surface area contributed by atoms with E-state index in [1.54, 1.807) is 36.4 Å². The largest absolute Gasteiger partial charge is 0.462 e. The maximum absolute atomic E-state index is 13.2. The van der Waals surface area contributed by atoms with E-state index in [1.807, 2.05) is 37.3 Å². The number of esters is 1. The van der Waals surface area contributed by atoms with Gasteiger partial charge >= 0.3 is 5.97 Å². The summed E-state index contributed by atoms with van der Waals surface area (Å²) < 4.78 is 11.0. The van der Waals surface area contributed by atoms with Crippen molar-refractivity contribution in [3.8, 4) is 11.5 Å². The Hall–Kier alpha value is -4.10. The summed E-state index contributed by atoms with van der Waals surface area (Å²) >= 11 is 6.24. The highest BCUT2D eigenvalue weighted by Gasteiger charge is 2.40. The standard InChI is InChI=1S/C26H21ClN2O5/c1-2-16-33-26(32)20-10-6-7-11-21(20)29-24(30)22(27)23(25(29)31)28-17-12-14-19(15-13-17)34-18-8-4-3-5-9-18/h3-15,28H,2,16H2,1H3. The van der Waals surface area contributed by atoms with Crippen LogP contribution in [0.4, 0.5) is 11.4 Å². The van der Waals surface area contributed by atoms with Crippen molar-refractivity contribution in [3.63, 3.8) is 0 Å². The molecule has 1 N–H and O–H groups in total. The molecule has 1 heterocycles. The van der Waals surface area contributed by atoms with Crippen molar-refractivity contribution in [2.45, 2.75) is 13.3 Å². The maximum atomic E-state index is 13.2. The number of hydrogen-bond acceptors (Lipinski definition) is 6. The van der Waals surface area contributed by atoms with E-state index >= 15 is 0 Å². The SMILES string of the molecule is CCCOC(=O)c1ccccc1N1C(=O)C(Cl)=C(Nc2ccc(Oc3ccccc3)cc2)C1=O. The van der Waals surface area contributed by atoms with Gasteiger partial charge in [-0.2, -0.15) is 0 Å². The van der Waals surface area contributed by atoms with Gasteiger partial charge in [0.2, 0.25) is 0 Å². The normalized spacial score (nSPS) is 13.3. The van der Waals surface area contributed by atoms with E-state index < -0.39 is 17.8 Å². The summed E-state index contributed by atoms with van der Waals surface area (Å²) in [5.41, 5.74) is 0.665. The van der Waals surface area contributed by atoms with E-state index in [-0.39, 0.29) is 28.6 Å². The lowest BCUT2D eigenvalue weighted by atomic mass is 10.1. The molecule has 0 fully saturated rings. The number of para-hydroxylation sites is 2. The van der Waals surface area contributed by atoms with Gasteiger partial charge in [-0.05, 0) is 55.0 Å². The number of imide groups is 1. The number of anilines is 2. The number of amides is 2. The van der Waals surface area contributed by atoms with Gasteiger partial charge in [-0.15, -0.1) is 0 Å². The molecular weight excluding hydrogens is 456 g/mol. The molecule has 0 radical (unpaired) electrons. The Morgan fingerprint density at radius 3 is 2.24 bits per heavy atom. The molecule has 3 aromatic carbocycles. The van der Waals surface area contributed by atoms with Crippen LogP contribution in [0.2, 0.25) is 0 Å². The second kappa shape index (κ2) is 10.2. The Labute approximate surface area is 201 Å². The molecule has 1 aliphatic heterocycles. The zero-order valence-electron chi connectivity index (χ0n) is 18.3. The topological polar surface area (TPSA) is 84.9 Å². The Kier molecular flexibility index (Phi) is 6.94. The minimum absolute atomic E-state index is 0.0832. The van der Waals surface area contributed by atoms with Crippen LogP contribution in [0.3, 0.4) is 0 Å². The molecule has 0 spiro atoms. The quantitative estimate of drug-likeness (QED) is 0.342. The van der Waals surface area contributed by atoms with Gasteiger partial charge in [0.05, 0.1) is 17.9 Å². The summed E-state index contributed by atoms with van der Waals surface area (Å²) in [6.45, 7) is 2.10.